The van der Waals surface area contributed by atoms with E-state index in [1.54, 1.807) is 6.08 Å². The topological polar surface area (TPSA) is 121 Å². The molecular weight excluding hydrogens is 424 g/mol. The zero-order valence-corrected chi connectivity index (χ0v) is 20.0. The van der Waals surface area contributed by atoms with Gasteiger partial charge in [0.15, 0.2) is 11.6 Å². The van der Waals surface area contributed by atoms with Crippen molar-refractivity contribution in [2.24, 2.45) is 28.6 Å². The Bertz CT molecular complexity index is 865. The Hall–Kier alpha value is -1.57. The minimum absolute atomic E-state index is 0.00107. The van der Waals surface area contributed by atoms with Gasteiger partial charge in [-0.3, -0.25) is 14.4 Å². The van der Waals surface area contributed by atoms with Gasteiger partial charge in [-0.05, 0) is 56.4 Å². The fourth-order valence-electron chi connectivity index (χ4n) is 8.00. The predicted octanol–water partition coefficient (Wildman–Crippen LogP) is 2.49. The van der Waals surface area contributed by atoms with Crippen molar-refractivity contribution in [3.05, 3.63) is 11.6 Å². The van der Waals surface area contributed by atoms with Gasteiger partial charge in [0.05, 0.1) is 6.10 Å². The van der Waals surface area contributed by atoms with Gasteiger partial charge in [0, 0.05) is 29.6 Å². The number of carbonyl (C=O) groups is 3. The zero-order valence-electron chi connectivity index (χ0n) is 20.0. The fourth-order valence-corrected chi connectivity index (χ4v) is 8.00. The molecule has 3 N–H and O–H groups in total. The minimum atomic E-state index is -1.65. The monoisotopic (exact) mass is 462 g/mol. The van der Waals surface area contributed by atoms with Crippen LogP contribution >= 0.6 is 0 Å². The van der Waals surface area contributed by atoms with Crippen molar-refractivity contribution in [2.75, 3.05) is 6.61 Å². The molecule has 4 aliphatic rings. The third kappa shape index (κ3) is 3.53. The highest BCUT2D eigenvalue weighted by Gasteiger charge is 2.69. The van der Waals surface area contributed by atoms with E-state index in [9.17, 15) is 29.7 Å². The molecule has 1 unspecified atom stereocenters. The summed E-state index contributed by atoms with van der Waals surface area (Å²) in [7, 11) is 0. The maximum absolute atomic E-state index is 12.6. The van der Waals surface area contributed by atoms with Crippen molar-refractivity contribution in [1.29, 1.82) is 0 Å². The number of aliphatic hydroxyl groups is 3. The maximum Gasteiger partial charge on any atom is 0.306 e. The van der Waals surface area contributed by atoms with Gasteiger partial charge in [0.1, 0.15) is 18.3 Å². The van der Waals surface area contributed by atoms with Crippen LogP contribution in [0.2, 0.25) is 0 Å². The van der Waals surface area contributed by atoms with Crippen LogP contribution in [0.1, 0.15) is 78.6 Å². The van der Waals surface area contributed by atoms with Crippen LogP contribution < -0.4 is 0 Å². The van der Waals surface area contributed by atoms with E-state index in [-0.39, 0.29) is 48.8 Å². The van der Waals surface area contributed by atoms with E-state index in [0.29, 0.717) is 19.3 Å². The Morgan fingerprint density at radius 3 is 2.64 bits per heavy atom. The average Bonchev–Trinajstić information content (AvgIpc) is 3.03. The van der Waals surface area contributed by atoms with E-state index in [1.165, 1.54) is 0 Å². The van der Waals surface area contributed by atoms with Gasteiger partial charge in [-0.25, -0.2) is 0 Å². The molecule has 4 aliphatic carbocycles. The molecule has 0 aliphatic heterocycles. The van der Waals surface area contributed by atoms with Crippen LogP contribution in [-0.2, 0) is 19.1 Å². The number of aliphatic hydroxyl groups excluding tert-OH is 2. The van der Waals surface area contributed by atoms with Gasteiger partial charge in [-0.15, -0.1) is 0 Å². The van der Waals surface area contributed by atoms with Crippen molar-refractivity contribution in [3.8, 4) is 0 Å². The van der Waals surface area contributed by atoms with Crippen molar-refractivity contribution in [2.45, 2.75) is 96.4 Å². The van der Waals surface area contributed by atoms with Gasteiger partial charge in [0.25, 0.3) is 0 Å². The molecule has 33 heavy (non-hydrogen) atoms. The number of rotatable bonds is 6. The van der Waals surface area contributed by atoms with Crippen molar-refractivity contribution in [3.63, 3.8) is 0 Å². The first kappa shape index (κ1) is 24.6. The summed E-state index contributed by atoms with van der Waals surface area (Å²) in [5.74, 6) is -1.15. The molecule has 0 heterocycles. The second-order valence-electron chi connectivity index (χ2n) is 11.2. The van der Waals surface area contributed by atoms with Crippen LogP contribution in [0.15, 0.2) is 11.6 Å². The van der Waals surface area contributed by atoms with E-state index in [4.69, 9.17) is 4.74 Å². The number of ketones is 2. The molecule has 3 fully saturated rings. The van der Waals surface area contributed by atoms with Gasteiger partial charge in [-0.1, -0.05) is 32.8 Å². The number of ether oxygens (including phenoxy) is 1. The molecule has 0 aromatic rings. The Morgan fingerprint density at radius 2 is 1.97 bits per heavy atom. The standard InChI is InChI=1S/C26H38O7/c1-4-5-6-22(31)33-21-12-16(28)11-15-7-8-17-18-9-10-26(32,20(30)14-27)24(18,2)13-19(29)23(17)25(15,21)3/h11,17-19,21,23,27,29,32H,4-10,12-14H2,1-3H3/t17-,18-,19-,21?,23+,24-,25+,26-/m0/s1. The number of carbonyl (C=O) groups excluding carboxylic acids is 3. The summed E-state index contributed by atoms with van der Waals surface area (Å²) in [6.45, 7) is 5.18. The highest BCUT2D eigenvalue weighted by Crippen LogP contribution is 2.67. The molecule has 8 atom stereocenters. The SMILES string of the molecule is CCCCC(=O)OC1CC(=O)C=C2CC[C@@H]3[C@H]([C@@H](O)C[C@@]4(C)[C@H]3CC[C@]4(O)C(=O)CO)[C@]21C. The second-order valence-corrected chi connectivity index (χ2v) is 11.2. The molecule has 3 saturated carbocycles. The van der Waals surface area contributed by atoms with Crippen LogP contribution in [-0.4, -0.2) is 57.3 Å². The Morgan fingerprint density at radius 1 is 1.24 bits per heavy atom. The molecule has 0 aromatic carbocycles. The molecule has 7 heteroatoms. The number of fused-ring (bicyclic) bond motifs is 5. The summed E-state index contributed by atoms with van der Waals surface area (Å²) in [5, 5.41) is 32.4. The number of unbranched alkanes of at least 4 members (excludes halogenated alkanes) is 1. The van der Waals surface area contributed by atoms with Crippen molar-refractivity contribution in [1.82, 2.24) is 0 Å². The molecule has 0 bridgehead atoms. The summed E-state index contributed by atoms with van der Waals surface area (Å²) in [6.07, 6.45) is 4.82. The maximum atomic E-state index is 12.6. The van der Waals surface area contributed by atoms with E-state index >= 15 is 0 Å². The van der Waals surface area contributed by atoms with Crippen LogP contribution in [0.4, 0.5) is 0 Å². The summed E-state index contributed by atoms with van der Waals surface area (Å²) >= 11 is 0. The predicted molar refractivity (Wildman–Crippen MR) is 120 cm³/mol. The average molecular weight is 463 g/mol. The van der Waals surface area contributed by atoms with Crippen LogP contribution in [0, 0.1) is 28.6 Å². The molecule has 7 nitrogen and oxygen atoms in total. The number of hydrogen-bond acceptors (Lipinski definition) is 7. The Kier molecular flexibility index (Phi) is 6.38. The van der Waals surface area contributed by atoms with Gasteiger partial charge >= 0.3 is 5.97 Å². The quantitative estimate of drug-likeness (QED) is 0.519. The van der Waals surface area contributed by atoms with Gasteiger partial charge in [0.2, 0.25) is 0 Å². The normalized spacial score (nSPS) is 44.4. The lowest BCUT2D eigenvalue weighted by Gasteiger charge is -2.61. The highest BCUT2D eigenvalue weighted by atomic mass is 16.5. The summed E-state index contributed by atoms with van der Waals surface area (Å²) in [4.78, 5) is 37.6. The zero-order chi connectivity index (χ0) is 24.2. The van der Waals surface area contributed by atoms with Crippen LogP contribution in [0.25, 0.3) is 0 Å². The van der Waals surface area contributed by atoms with Crippen molar-refractivity contribution >= 4 is 17.5 Å². The van der Waals surface area contributed by atoms with Gasteiger partial charge in [-0.2, -0.15) is 0 Å². The third-order valence-corrected chi connectivity index (χ3v) is 9.74. The first-order chi connectivity index (χ1) is 15.5. The van der Waals surface area contributed by atoms with Gasteiger partial charge < -0.3 is 20.1 Å². The number of hydrogen-bond donors (Lipinski definition) is 3. The van der Waals surface area contributed by atoms with E-state index in [0.717, 1.165) is 24.8 Å². The van der Waals surface area contributed by atoms with E-state index < -0.39 is 41.0 Å². The smallest absolute Gasteiger partial charge is 0.306 e. The second kappa shape index (κ2) is 8.58. The molecule has 0 spiro atoms. The summed E-state index contributed by atoms with van der Waals surface area (Å²) in [6, 6.07) is 0. The van der Waals surface area contributed by atoms with E-state index in [2.05, 4.69) is 0 Å². The lowest BCUT2D eigenvalue weighted by molar-refractivity contribution is -0.197. The fraction of sp³-hybridized carbons (Fsp3) is 0.808. The summed E-state index contributed by atoms with van der Waals surface area (Å²) < 4.78 is 5.92. The van der Waals surface area contributed by atoms with Crippen LogP contribution in [0.3, 0.4) is 0 Å². The number of esters is 1. The van der Waals surface area contributed by atoms with E-state index in [1.807, 2.05) is 20.8 Å². The summed E-state index contributed by atoms with van der Waals surface area (Å²) in [5.41, 5.74) is -2.20. The molecular formula is C26H38O7. The molecule has 4 rings (SSSR count). The first-order valence-electron chi connectivity index (χ1n) is 12.5. The Balaban J connectivity index is 1.70. The molecule has 0 aromatic heterocycles. The Labute approximate surface area is 195 Å². The molecule has 184 valence electrons. The first-order valence-corrected chi connectivity index (χ1v) is 12.5. The third-order valence-electron chi connectivity index (χ3n) is 9.74. The minimum Gasteiger partial charge on any atom is -0.461 e. The molecule has 0 saturated heterocycles. The highest BCUT2D eigenvalue weighted by molar-refractivity contribution is 5.92. The van der Waals surface area contributed by atoms with Crippen LogP contribution in [0.5, 0.6) is 0 Å². The molecule has 0 radical (unpaired) electrons. The van der Waals surface area contributed by atoms with Crippen molar-refractivity contribution < 1.29 is 34.4 Å². The lowest BCUT2D eigenvalue weighted by atomic mass is 9.44. The lowest BCUT2D eigenvalue weighted by Crippen LogP contribution is -2.64. The molecule has 0 amide bonds. The largest absolute Gasteiger partial charge is 0.461 e. The number of Topliss-reactive ketones (excluding diaryl/α,β-unsaturated/α-hetero) is 1.